The van der Waals surface area contributed by atoms with Crippen LogP contribution in [0.3, 0.4) is 0 Å². The standard InChI is InChI=1S/C14H24N2O3S/c1-14(2,3)7-8-16-20(17,18)13-9-11(10-15)5-6-12(13)19-4/h5-6,9,16H,7-8,10,15H2,1-4H3. The summed E-state index contributed by atoms with van der Waals surface area (Å²) in [5.74, 6) is 0.324. The van der Waals surface area contributed by atoms with Crippen LogP contribution in [0.15, 0.2) is 23.1 Å². The summed E-state index contributed by atoms with van der Waals surface area (Å²) < 4.78 is 32.4. The van der Waals surface area contributed by atoms with Gasteiger partial charge in [0.15, 0.2) is 0 Å². The second-order valence-electron chi connectivity index (χ2n) is 5.90. The molecule has 20 heavy (non-hydrogen) atoms. The van der Waals surface area contributed by atoms with Crippen LogP contribution in [0, 0.1) is 5.41 Å². The Kier molecular flexibility index (Phi) is 5.56. The second-order valence-corrected chi connectivity index (χ2v) is 7.63. The lowest BCUT2D eigenvalue weighted by atomic mass is 9.93. The van der Waals surface area contributed by atoms with Crippen LogP contribution in [-0.2, 0) is 16.6 Å². The van der Waals surface area contributed by atoms with E-state index < -0.39 is 10.0 Å². The number of ether oxygens (including phenoxy) is 1. The van der Waals surface area contributed by atoms with Crippen molar-refractivity contribution in [1.29, 1.82) is 0 Å². The van der Waals surface area contributed by atoms with Gasteiger partial charge < -0.3 is 10.5 Å². The molecule has 0 aliphatic rings. The molecule has 0 spiro atoms. The molecule has 1 aromatic rings. The van der Waals surface area contributed by atoms with E-state index >= 15 is 0 Å². The van der Waals surface area contributed by atoms with E-state index in [2.05, 4.69) is 25.5 Å². The van der Waals surface area contributed by atoms with Crippen LogP contribution in [0.25, 0.3) is 0 Å². The zero-order valence-corrected chi connectivity index (χ0v) is 13.4. The average Bonchev–Trinajstić information content (AvgIpc) is 2.36. The normalized spacial score (nSPS) is 12.4. The minimum Gasteiger partial charge on any atom is -0.495 e. The Labute approximate surface area is 121 Å². The maximum Gasteiger partial charge on any atom is 0.244 e. The van der Waals surface area contributed by atoms with Crippen LogP contribution in [0.5, 0.6) is 5.75 Å². The summed E-state index contributed by atoms with van der Waals surface area (Å²) in [7, 11) is -2.14. The largest absolute Gasteiger partial charge is 0.495 e. The SMILES string of the molecule is COc1ccc(CN)cc1S(=O)(=O)NCCC(C)(C)C. The zero-order chi connectivity index (χ0) is 15.4. The van der Waals surface area contributed by atoms with Crippen molar-refractivity contribution in [1.82, 2.24) is 4.72 Å². The first kappa shape index (κ1) is 16.9. The first-order chi connectivity index (χ1) is 9.19. The lowest BCUT2D eigenvalue weighted by Crippen LogP contribution is -2.28. The Hall–Kier alpha value is -1.11. The fourth-order valence-electron chi connectivity index (χ4n) is 1.70. The van der Waals surface area contributed by atoms with Crippen molar-refractivity contribution in [3.8, 4) is 5.75 Å². The molecule has 0 aliphatic heterocycles. The lowest BCUT2D eigenvalue weighted by molar-refractivity contribution is 0.377. The van der Waals surface area contributed by atoms with Gasteiger partial charge in [0, 0.05) is 13.1 Å². The van der Waals surface area contributed by atoms with Crippen LogP contribution in [0.2, 0.25) is 0 Å². The van der Waals surface area contributed by atoms with E-state index in [0.717, 1.165) is 12.0 Å². The molecule has 0 radical (unpaired) electrons. The van der Waals surface area contributed by atoms with Crippen molar-refractivity contribution in [3.05, 3.63) is 23.8 Å². The average molecular weight is 300 g/mol. The van der Waals surface area contributed by atoms with Gasteiger partial charge in [0.1, 0.15) is 10.6 Å². The molecular weight excluding hydrogens is 276 g/mol. The molecule has 0 amide bonds. The van der Waals surface area contributed by atoms with Gasteiger partial charge in [-0.15, -0.1) is 0 Å². The first-order valence-electron chi connectivity index (χ1n) is 6.56. The molecule has 1 rings (SSSR count). The van der Waals surface area contributed by atoms with E-state index in [1.165, 1.54) is 7.11 Å². The fourth-order valence-corrected chi connectivity index (χ4v) is 2.95. The predicted molar refractivity (Wildman–Crippen MR) is 80.1 cm³/mol. The molecule has 0 bridgehead atoms. The number of sulfonamides is 1. The Morgan fingerprint density at radius 1 is 1.30 bits per heavy atom. The Bertz CT molecular complexity index is 548. The summed E-state index contributed by atoms with van der Waals surface area (Å²) in [6.45, 7) is 6.88. The zero-order valence-electron chi connectivity index (χ0n) is 12.6. The summed E-state index contributed by atoms with van der Waals surface area (Å²) in [6.07, 6.45) is 0.755. The highest BCUT2D eigenvalue weighted by molar-refractivity contribution is 7.89. The number of nitrogens with two attached hydrogens (primary N) is 1. The maximum atomic E-state index is 12.3. The topological polar surface area (TPSA) is 81.4 Å². The van der Waals surface area contributed by atoms with Gasteiger partial charge >= 0.3 is 0 Å². The molecular formula is C14H24N2O3S. The van der Waals surface area contributed by atoms with E-state index in [9.17, 15) is 8.42 Å². The molecule has 5 nitrogen and oxygen atoms in total. The van der Waals surface area contributed by atoms with Gasteiger partial charge in [-0.1, -0.05) is 26.8 Å². The van der Waals surface area contributed by atoms with Gasteiger partial charge in [-0.05, 0) is 29.5 Å². The summed E-state index contributed by atoms with van der Waals surface area (Å²) in [5, 5.41) is 0. The third-order valence-electron chi connectivity index (χ3n) is 2.92. The minimum atomic E-state index is -3.59. The first-order valence-corrected chi connectivity index (χ1v) is 8.04. The van der Waals surface area contributed by atoms with E-state index in [1.54, 1.807) is 18.2 Å². The van der Waals surface area contributed by atoms with Gasteiger partial charge in [-0.25, -0.2) is 13.1 Å². The molecule has 6 heteroatoms. The van der Waals surface area contributed by atoms with E-state index in [1.807, 2.05) is 0 Å². The number of benzene rings is 1. The van der Waals surface area contributed by atoms with E-state index in [4.69, 9.17) is 10.5 Å². The van der Waals surface area contributed by atoms with Crippen molar-refractivity contribution < 1.29 is 13.2 Å². The van der Waals surface area contributed by atoms with Crippen LogP contribution in [0.4, 0.5) is 0 Å². The highest BCUT2D eigenvalue weighted by Crippen LogP contribution is 2.25. The summed E-state index contributed by atoms with van der Waals surface area (Å²) >= 11 is 0. The van der Waals surface area contributed by atoms with Crippen LogP contribution in [-0.4, -0.2) is 22.1 Å². The molecule has 0 fully saturated rings. The lowest BCUT2D eigenvalue weighted by Gasteiger charge is -2.18. The van der Waals surface area contributed by atoms with Crippen molar-refractivity contribution in [2.24, 2.45) is 11.1 Å². The highest BCUT2D eigenvalue weighted by Gasteiger charge is 2.20. The molecule has 0 saturated heterocycles. The maximum absolute atomic E-state index is 12.3. The van der Waals surface area contributed by atoms with Gasteiger partial charge in [0.2, 0.25) is 10.0 Å². The van der Waals surface area contributed by atoms with Crippen LogP contribution in [0.1, 0.15) is 32.8 Å². The van der Waals surface area contributed by atoms with Crippen molar-refractivity contribution >= 4 is 10.0 Å². The van der Waals surface area contributed by atoms with Gasteiger partial charge in [0.05, 0.1) is 7.11 Å². The van der Waals surface area contributed by atoms with Crippen LogP contribution >= 0.6 is 0 Å². The van der Waals surface area contributed by atoms with Gasteiger partial charge in [-0.3, -0.25) is 0 Å². The van der Waals surface area contributed by atoms with Crippen molar-refractivity contribution in [2.75, 3.05) is 13.7 Å². The minimum absolute atomic E-state index is 0.0751. The molecule has 0 heterocycles. The van der Waals surface area contributed by atoms with Gasteiger partial charge in [-0.2, -0.15) is 0 Å². The summed E-state index contributed by atoms with van der Waals surface area (Å²) in [4.78, 5) is 0.136. The molecule has 0 unspecified atom stereocenters. The van der Waals surface area contributed by atoms with Crippen molar-refractivity contribution in [3.63, 3.8) is 0 Å². The number of methoxy groups -OCH3 is 1. The highest BCUT2D eigenvalue weighted by atomic mass is 32.2. The number of hydrogen-bond acceptors (Lipinski definition) is 4. The van der Waals surface area contributed by atoms with Crippen LogP contribution < -0.4 is 15.2 Å². The van der Waals surface area contributed by atoms with E-state index in [0.29, 0.717) is 12.3 Å². The molecule has 3 N–H and O–H groups in total. The summed E-state index contributed by atoms with van der Waals surface area (Å²) in [5.41, 5.74) is 6.38. The monoisotopic (exact) mass is 300 g/mol. The predicted octanol–water partition coefficient (Wildman–Crippen LogP) is 1.87. The molecule has 0 atom stereocenters. The number of rotatable bonds is 6. The molecule has 0 aromatic heterocycles. The Morgan fingerprint density at radius 3 is 2.45 bits per heavy atom. The quantitative estimate of drug-likeness (QED) is 0.840. The third kappa shape index (κ3) is 4.77. The molecule has 114 valence electrons. The second kappa shape index (κ2) is 6.56. The molecule has 1 aromatic carbocycles. The Morgan fingerprint density at radius 2 is 1.95 bits per heavy atom. The fraction of sp³-hybridized carbons (Fsp3) is 0.571. The Balaban J connectivity index is 2.96. The smallest absolute Gasteiger partial charge is 0.244 e. The molecule has 0 aliphatic carbocycles. The van der Waals surface area contributed by atoms with E-state index in [-0.39, 0.29) is 16.9 Å². The third-order valence-corrected chi connectivity index (χ3v) is 4.40. The summed E-state index contributed by atoms with van der Waals surface area (Å²) in [6, 6.07) is 4.94. The molecule has 0 saturated carbocycles. The van der Waals surface area contributed by atoms with Gasteiger partial charge in [0.25, 0.3) is 0 Å². The number of nitrogens with one attached hydrogen (secondary N) is 1. The van der Waals surface area contributed by atoms with Crippen molar-refractivity contribution in [2.45, 2.75) is 38.6 Å². The number of hydrogen-bond donors (Lipinski definition) is 2.